The minimum atomic E-state index is -3.08. The standard InChI is InChI=1S/C25H36ClN5O4S/c1-2-36(33,34)13-3-4-22(32)23-16-31(21(17-35-23)14-18-5-7-19(26)8-6-18)20-9-11-30(12-10-20)25-15-24(27)28-29-25/h5-8,20-21,23H,2-4,9-17H2,1H3,(H2,27,28)/t21-,23+/m0/s1. The maximum absolute atomic E-state index is 13.0. The molecule has 0 aliphatic carbocycles. The number of amidine groups is 2. The van der Waals surface area contributed by atoms with Crippen LogP contribution < -0.4 is 5.73 Å². The van der Waals surface area contributed by atoms with E-state index in [2.05, 4.69) is 20.0 Å². The van der Waals surface area contributed by atoms with Gasteiger partial charge in [0.2, 0.25) is 0 Å². The molecule has 0 radical (unpaired) electrons. The summed E-state index contributed by atoms with van der Waals surface area (Å²) in [7, 11) is -3.08. The first-order chi connectivity index (χ1) is 17.2. The summed E-state index contributed by atoms with van der Waals surface area (Å²) >= 11 is 6.07. The number of carbonyl (C=O) groups excluding carboxylic acids is 1. The average molecular weight is 538 g/mol. The summed E-state index contributed by atoms with van der Waals surface area (Å²) in [6, 6.07) is 8.34. The van der Waals surface area contributed by atoms with E-state index in [-0.39, 0.29) is 29.8 Å². The van der Waals surface area contributed by atoms with Crippen LogP contribution in [0.5, 0.6) is 0 Å². The lowest BCUT2D eigenvalue weighted by atomic mass is 9.95. The highest BCUT2D eigenvalue weighted by Crippen LogP contribution is 2.27. The van der Waals surface area contributed by atoms with Crippen molar-refractivity contribution in [2.45, 2.75) is 63.6 Å². The van der Waals surface area contributed by atoms with Crippen LogP contribution in [0, 0.1) is 0 Å². The Bertz CT molecular complexity index is 1080. The molecule has 3 aliphatic rings. The Hall–Kier alpha value is -2.01. The molecule has 198 valence electrons. The van der Waals surface area contributed by atoms with Gasteiger partial charge in [-0.2, -0.15) is 0 Å². The summed E-state index contributed by atoms with van der Waals surface area (Å²) in [5, 5.41) is 8.89. The number of halogens is 1. The first kappa shape index (κ1) is 27.0. The van der Waals surface area contributed by atoms with Crippen LogP contribution in [0.4, 0.5) is 0 Å². The summed E-state index contributed by atoms with van der Waals surface area (Å²) in [6.07, 6.45) is 3.35. The first-order valence-corrected chi connectivity index (χ1v) is 14.9. The molecule has 0 amide bonds. The summed E-state index contributed by atoms with van der Waals surface area (Å²) in [4.78, 5) is 17.7. The van der Waals surface area contributed by atoms with Gasteiger partial charge in [0.25, 0.3) is 0 Å². The number of likely N-dealkylation sites (tertiary alicyclic amines) is 1. The lowest BCUT2D eigenvalue weighted by molar-refractivity contribution is -0.143. The maximum Gasteiger partial charge on any atom is 0.162 e. The normalized spacial score (nSPS) is 24.0. The third-order valence-corrected chi connectivity index (χ3v) is 9.37. The molecule has 36 heavy (non-hydrogen) atoms. The molecule has 3 heterocycles. The maximum atomic E-state index is 13.0. The Kier molecular flexibility index (Phi) is 9.03. The van der Waals surface area contributed by atoms with E-state index in [0.717, 1.165) is 38.2 Å². The fourth-order valence-corrected chi connectivity index (χ4v) is 6.18. The lowest BCUT2D eigenvalue weighted by Crippen LogP contribution is -2.58. The number of hydrogen-bond acceptors (Lipinski definition) is 9. The van der Waals surface area contributed by atoms with Gasteiger partial charge in [0.1, 0.15) is 27.6 Å². The third kappa shape index (κ3) is 7.06. The number of rotatable bonds is 9. The highest BCUT2D eigenvalue weighted by Gasteiger charge is 2.38. The smallest absolute Gasteiger partial charge is 0.162 e. The predicted molar refractivity (Wildman–Crippen MR) is 142 cm³/mol. The van der Waals surface area contributed by atoms with E-state index in [4.69, 9.17) is 22.1 Å². The molecule has 2 fully saturated rings. The Morgan fingerprint density at radius 1 is 1.19 bits per heavy atom. The van der Waals surface area contributed by atoms with Gasteiger partial charge in [-0.15, -0.1) is 10.2 Å². The van der Waals surface area contributed by atoms with Gasteiger partial charge in [-0.05, 0) is 43.4 Å². The van der Waals surface area contributed by atoms with E-state index in [9.17, 15) is 13.2 Å². The molecule has 0 bridgehead atoms. The summed E-state index contributed by atoms with van der Waals surface area (Å²) in [5.74, 6) is 1.62. The van der Waals surface area contributed by atoms with Crippen molar-refractivity contribution < 1.29 is 17.9 Å². The Labute approximate surface area is 218 Å². The van der Waals surface area contributed by atoms with Crippen LogP contribution in [0.2, 0.25) is 5.02 Å². The molecule has 0 spiro atoms. The van der Waals surface area contributed by atoms with E-state index in [1.54, 1.807) is 6.92 Å². The lowest BCUT2D eigenvalue weighted by Gasteiger charge is -2.46. The number of nitrogens with zero attached hydrogens (tertiary/aromatic N) is 4. The quantitative estimate of drug-likeness (QED) is 0.513. The third-order valence-electron chi connectivity index (χ3n) is 7.33. The number of sulfone groups is 1. The molecule has 4 rings (SSSR count). The number of benzene rings is 1. The van der Waals surface area contributed by atoms with Crippen LogP contribution in [0.3, 0.4) is 0 Å². The van der Waals surface area contributed by atoms with Gasteiger partial charge in [0.15, 0.2) is 5.78 Å². The molecule has 1 aromatic carbocycles. The summed E-state index contributed by atoms with van der Waals surface area (Å²) in [5.41, 5.74) is 6.98. The van der Waals surface area contributed by atoms with Gasteiger partial charge < -0.3 is 15.4 Å². The van der Waals surface area contributed by atoms with Crippen molar-refractivity contribution in [3.05, 3.63) is 34.9 Å². The molecule has 11 heteroatoms. The number of carbonyl (C=O) groups is 1. The Morgan fingerprint density at radius 2 is 1.92 bits per heavy atom. The van der Waals surface area contributed by atoms with Gasteiger partial charge >= 0.3 is 0 Å². The van der Waals surface area contributed by atoms with Gasteiger partial charge in [-0.3, -0.25) is 9.69 Å². The molecule has 2 saturated heterocycles. The molecular weight excluding hydrogens is 502 g/mol. The van der Waals surface area contributed by atoms with Crippen LogP contribution >= 0.6 is 11.6 Å². The minimum absolute atomic E-state index is 0.0124. The molecular formula is C25H36ClN5O4S. The van der Waals surface area contributed by atoms with Gasteiger partial charge in [0.05, 0.1) is 18.8 Å². The number of Topliss-reactive ketones (excluding diaryl/α,β-unsaturated/α-hetero) is 1. The average Bonchev–Trinajstić information content (AvgIpc) is 3.32. The molecule has 0 saturated carbocycles. The Morgan fingerprint density at radius 3 is 2.56 bits per heavy atom. The molecule has 9 nitrogen and oxygen atoms in total. The fraction of sp³-hybridized carbons (Fsp3) is 0.640. The van der Waals surface area contributed by atoms with E-state index in [0.29, 0.717) is 42.9 Å². The van der Waals surface area contributed by atoms with Gasteiger partial charge in [-0.1, -0.05) is 30.7 Å². The molecule has 3 aliphatic heterocycles. The van der Waals surface area contributed by atoms with Crippen LogP contribution in [0.1, 0.15) is 44.6 Å². The number of ether oxygens (including phenoxy) is 1. The fourth-order valence-electron chi connectivity index (χ4n) is 5.18. The summed E-state index contributed by atoms with van der Waals surface area (Å²) < 4.78 is 29.7. The van der Waals surface area contributed by atoms with Crippen LogP contribution in [-0.2, 0) is 25.8 Å². The highest BCUT2D eigenvalue weighted by molar-refractivity contribution is 7.91. The minimum Gasteiger partial charge on any atom is -0.385 e. The van der Waals surface area contributed by atoms with Crippen molar-refractivity contribution in [1.82, 2.24) is 9.80 Å². The zero-order valence-corrected chi connectivity index (χ0v) is 22.4. The van der Waals surface area contributed by atoms with Crippen molar-refractivity contribution in [2.75, 3.05) is 37.7 Å². The highest BCUT2D eigenvalue weighted by atomic mass is 35.5. The molecule has 0 unspecified atom stereocenters. The largest absolute Gasteiger partial charge is 0.385 e. The Balaban J connectivity index is 1.40. The van der Waals surface area contributed by atoms with Crippen LogP contribution in [0.15, 0.2) is 34.5 Å². The van der Waals surface area contributed by atoms with E-state index in [1.165, 1.54) is 5.56 Å². The second kappa shape index (κ2) is 12.0. The van der Waals surface area contributed by atoms with Crippen molar-refractivity contribution in [2.24, 2.45) is 15.9 Å². The van der Waals surface area contributed by atoms with Gasteiger partial charge in [-0.25, -0.2) is 8.42 Å². The monoisotopic (exact) mass is 537 g/mol. The van der Waals surface area contributed by atoms with E-state index >= 15 is 0 Å². The van der Waals surface area contributed by atoms with Crippen LogP contribution in [-0.4, -0.2) is 91.6 Å². The number of morpholine rings is 1. The summed E-state index contributed by atoms with van der Waals surface area (Å²) in [6.45, 7) is 4.35. The van der Waals surface area contributed by atoms with Crippen molar-refractivity contribution in [1.29, 1.82) is 0 Å². The number of piperidine rings is 1. The number of nitrogens with two attached hydrogens (primary N) is 1. The predicted octanol–water partition coefficient (Wildman–Crippen LogP) is 2.27. The number of ketones is 1. The zero-order valence-electron chi connectivity index (χ0n) is 20.8. The SMILES string of the molecule is CCS(=O)(=O)CCCC(=O)[C@H]1CN(C2CCN(C3=NN=C(N)C3)CC2)[C@@H](Cc2ccc(Cl)cc2)CO1. The topological polar surface area (TPSA) is 118 Å². The van der Waals surface area contributed by atoms with Crippen molar-refractivity contribution >= 4 is 38.9 Å². The second-order valence-electron chi connectivity index (χ2n) is 9.81. The zero-order chi connectivity index (χ0) is 25.7. The molecule has 1 aromatic rings. The van der Waals surface area contributed by atoms with Crippen LogP contribution in [0.25, 0.3) is 0 Å². The van der Waals surface area contributed by atoms with Crippen molar-refractivity contribution in [3.63, 3.8) is 0 Å². The number of hydrogen-bond donors (Lipinski definition) is 1. The van der Waals surface area contributed by atoms with Crippen molar-refractivity contribution in [3.8, 4) is 0 Å². The molecule has 0 aromatic heterocycles. The van der Waals surface area contributed by atoms with E-state index < -0.39 is 15.9 Å². The molecule has 2 atom stereocenters. The van der Waals surface area contributed by atoms with Gasteiger partial charge in [0, 0.05) is 48.9 Å². The second-order valence-corrected chi connectivity index (χ2v) is 12.7. The van der Waals surface area contributed by atoms with E-state index in [1.807, 2.05) is 24.3 Å². The first-order valence-electron chi connectivity index (χ1n) is 12.7. The molecule has 2 N–H and O–H groups in total.